The van der Waals surface area contributed by atoms with Gasteiger partial charge >= 0.3 is 0 Å². The van der Waals surface area contributed by atoms with E-state index in [1.165, 1.54) is 45.3 Å². The molecule has 0 aromatic heterocycles. The highest BCUT2D eigenvalue weighted by molar-refractivity contribution is 4.89. The first-order valence-corrected chi connectivity index (χ1v) is 6.99. The van der Waals surface area contributed by atoms with Crippen molar-refractivity contribution in [3.63, 3.8) is 0 Å². The van der Waals surface area contributed by atoms with Crippen LogP contribution >= 0.6 is 0 Å². The zero-order valence-electron chi connectivity index (χ0n) is 11.2. The molecule has 0 bridgehead atoms. The summed E-state index contributed by atoms with van der Waals surface area (Å²) in [6, 6.07) is 0. The number of hydrogen-bond acceptors (Lipinski definition) is 2. The van der Waals surface area contributed by atoms with Crippen molar-refractivity contribution < 1.29 is 4.74 Å². The molecule has 0 saturated carbocycles. The Kier molecular flexibility index (Phi) is 3.91. The van der Waals surface area contributed by atoms with E-state index in [0.29, 0.717) is 17.4 Å². The lowest BCUT2D eigenvalue weighted by Crippen LogP contribution is -2.46. The van der Waals surface area contributed by atoms with Crippen LogP contribution in [-0.2, 0) is 4.74 Å². The largest absolute Gasteiger partial charge is 0.377 e. The van der Waals surface area contributed by atoms with Crippen molar-refractivity contribution in [1.29, 1.82) is 0 Å². The van der Waals surface area contributed by atoms with E-state index in [1.54, 1.807) is 0 Å². The molecule has 1 atom stereocenters. The second kappa shape index (κ2) is 5.05. The van der Waals surface area contributed by atoms with Gasteiger partial charge in [-0.25, -0.2) is 0 Å². The molecule has 2 heteroatoms. The number of rotatable bonds is 2. The Morgan fingerprint density at radius 2 is 1.94 bits per heavy atom. The standard InChI is InChI=1S/C14H27NO/c1-4-15-9-7-14(8-10-15)6-5-13(12(2)3)16-11-14/h12-13H,4-11H2,1-3H3. The first kappa shape index (κ1) is 12.4. The van der Waals surface area contributed by atoms with Gasteiger partial charge in [0.25, 0.3) is 0 Å². The summed E-state index contributed by atoms with van der Waals surface area (Å²) < 4.78 is 6.08. The van der Waals surface area contributed by atoms with E-state index < -0.39 is 0 Å². The molecular formula is C14H27NO. The van der Waals surface area contributed by atoms with Crippen LogP contribution in [0.15, 0.2) is 0 Å². The Morgan fingerprint density at radius 1 is 1.25 bits per heavy atom. The summed E-state index contributed by atoms with van der Waals surface area (Å²) in [6.07, 6.45) is 5.91. The average Bonchev–Trinajstić information content (AvgIpc) is 2.31. The maximum atomic E-state index is 6.08. The quantitative estimate of drug-likeness (QED) is 0.716. The molecule has 2 aliphatic heterocycles. The third-order valence-corrected chi connectivity index (χ3v) is 4.67. The minimum atomic E-state index is 0.523. The lowest BCUT2D eigenvalue weighted by atomic mass is 9.73. The minimum absolute atomic E-state index is 0.523. The number of nitrogens with zero attached hydrogens (tertiary/aromatic N) is 1. The van der Waals surface area contributed by atoms with E-state index in [4.69, 9.17) is 4.74 Å². The fourth-order valence-electron chi connectivity index (χ4n) is 3.15. The van der Waals surface area contributed by atoms with Gasteiger partial charge in [-0.1, -0.05) is 20.8 Å². The smallest absolute Gasteiger partial charge is 0.0598 e. The number of likely N-dealkylation sites (tertiary alicyclic amines) is 1. The van der Waals surface area contributed by atoms with E-state index in [-0.39, 0.29) is 0 Å². The molecule has 2 aliphatic rings. The van der Waals surface area contributed by atoms with Crippen molar-refractivity contribution in [2.75, 3.05) is 26.2 Å². The zero-order valence-corrected chi connectivity index (χ0v) is 11.2. The number of ether oxygens (including phenoxy) is 1. The van der Waals surface area contributed by atoms with E-state index >= 15 is 0 Å². The molecule has 0 radical (unpaired) electrons. The Morgan fingerprint density at radius 3 is 2.38 bits per heavy atom. The minimum Gasteiger partial charge on any atom is -0.377 e. The summed E-state index contributed by atoms with van der Waals surface area (Å²) in [5, 5.41) is 0. The van der Waals surface area contributed by atoms with Crippen molar-refractivity contribution in [2.45, 2.75) is 52.6 Å². The first-order valence-electron chi connectivity index (χ1n) is 6.99. The van der Waals surface area contributed by atoms with Crippen LogP contribution in [0.3, 0.4) is 0 Å². The maximum absolute atomic E-state index is 6.08. The van der Waals surface area contributed by atoms with Crippen molar-refractivity contribution in [3.05, 3.63) is 0 Å². The molecule has 2 saturated heterocycles. The molecule has 0 aromatic rings. The zero-order chi connectivity index (χ0) is 11.6. The summed E-state index contributed by atoms with van der Waals surface area (Å²) in [6.45, 7) is 11.6. The molecule has 0 amide bonds. The Balaban J connectivity index is 1.84. The first-order chi connectivity index (χ1) is 7.65. The van der Waals surface area contributed by atoms with Crippen LogP contribution in [-0.4, -0.2) is 37.2 Å². The molecule has 1 spiro atoms. The second-order valence-corrected chi connectivity index (χ2v) is 6.07. The predicted octanol–water partition coefficient (Wildman–Crippen LogP) is 2.92. The van der Waals surface area contributed by atoms with Gasteiger partial charge in [0.15, 0.2) is 0 Å². The van der Waals surface area contributed by atoms with E-state index in [1.807, 2.05) is 0 Å². The SMILES string of the molecule is CCN1CCC2(CCC(C(C)C)OC2)CC1. The van der Waals surface area contributed by atoms with Crippen LogP contribution in [0.2, 0.25) is 0 Å². The monoisotopic (exact) mass is 225 g/mol. The summed E-state index contributed by atoms with van der Waals surface area (Å²) in [5.41, 5.74) is 0.539. The Labute approximate surface area is 100 Å². The van der Waals surface area contributed by atoms with Crippen LogP contribution in [0.1, 0.15) is 46.5 Å². The summed E-state index contributed by atoms with van der Waals surface area (Å²) in [5.74, 6) is 0.688. The van der Waals surface area contributed by atoms with Crippen molar-refractivity contribution in [3.8, 4) is 0 Å². The molecule has 2 heterocycles. The summed E-state index contributed by atoms with van der Waals surface area (Å²) in [7, 11) is 0. The molecule has 0 N–H and O–H groups in total. The second-order valence-electron chi connectivity index (χ2n) is 6.07. The Hall–Kier alpha value is -0.0800. The third-order valence-electron chi connectivity index (χ3n) is 4.67. The van der Waals surface area contributed by atoms with Gasteiger partial charge < -0.3 is 9.64 Å². The van der Waals surface area contributed by atoms with Crippen molar-refractivity contribution >= 4 is 0 Å². The van der Waals surface area contributed by atoms with Crippen molar-refractivity contribution in [2.24, 2.45) is 11.3 Å². The fraction of sp³-hybridized carbons (Fsp3) is 1.00. The number of hydrogen-bond donors (Lipinski definition) is 0. The lowest BCUT2D eigenvalue weighted by molar-refractivity contribution is -0.100. The number of piperidine rings is 1. The molecule has 0 aromatic carbocycles. The average molecular weight is 225 g/mol. The molecule has 1 unspecified atom stereocenters. The van der Waals surface area contributed by atoms with Gasteiger partial charge in [-0.3, -0.25) is 0 Å². The lowest BCUT2D eigenvalue weighted by Gasteiger charge is -2.46. The topological polar surface area (TPSA) is 12.5 Å². The predicted molar refractivity (Wildman–Crippen MR) is 67.6 cm³/mol. The van der Waals surface area contributed by atoms with E-state index in [9.17, 15) is 0 Å². The highest BCUT2D eigenvalue weighted by Crippen LogP contribution is 2.41. The molecular weight excluding hydrogens is 198 g/mol. The maximum Gasteiger partial charge on any atom is 0.0598 e. The summed E-state index contributed by atoms with van der Waals surface area (Å²) in [4.78, 5) is 2.57. The van der Waals surface area contributed by atoms with Crippen LogP contribution in [0.25, 0.3) is 0 Å². The van der Waals surface area contributed by atoms with Crippen LogP contribution in [0, 0.1) is 11.3 Å². The van der Waals surface area contributed by atoms with Gasteiger partial charge in [0.2, 0.25) is 0 Å². The van der Waals surface area contributed by atoms with Gasteiger partial charge in [0, 0.05) is 0 Å². The Bertz CT molecular complexity index is 209. The fourth-order valence-corrected chi connectivity index (χ4v) is 3.15. The van der Waals surface area contributed by atoms with E-state index in [2.05, 4.69) is 25.7 Å². The molecule has 2 nitrogen and oxygen atoms in total. The van der Waals surface area contributed by atoms with Crippen LogP contribution < -0.4 is 0 Å². The molecule has 94 valence electrons. The van der Waals surface area contributed by atoms with Gasteiger partial charge in [0.05, 0.1) is 12.7 Å². The van der Waals surface area contributed by atoms with Gasteiger partial charge in [-0.15, -0.1) is 0 Å². The van der Waals surface area contributed by atoms with Gasteiger partial charge in [0.1, 0.15) is 0 Å². The highest BCUT2D eigenvalue weighted by atomic mass is 16.5. The van der Waals surface area contributed by atoms with Crippen molar-refractivity contribution in [1.82, 2.24) is 4.90 Å². The molecule has 2 fully saturated rings. The van der Waals surface area contributed by atoms with Crippen LogP contribution in [0.4, 0.5) is 0 Å². The molecule has 2 rings (SSSR count). The molecule has 0 aliphatic carbocycles. The highest BCUT2D eigenvalue weighted by Gasteiger charge is 2.38. The van der Waals surface area contributed by atoms with Gasteiger partial charge in [-0.05, 0) is 56.7 Å². The van der Waals surface area contributed by atoms with Crippen LogP contribution in [0.5, 0.6) is 0 Å². The molecule has 16 heavy (non-hydrogen) atoms. The third kappa shape index (κ3) is 2.60. The normalized spacial score (nSPS) is 31.1. The summed E-state index contributed by atoms with van der Waals surface area (Å²) >= 11 is 0. The van der Waals surface area contributed by atoms with E-state index in [0.717, 1.165) is 6.61 Å². The van der Waals surface area contributed by atoms with Gasteiger partial charge in [-0.2, -0.15) is 0 Å².